The van der Waals surface area contributed by atoms with Gasteiger partial charge in [0, 0.05) is 61.8 Å². The van der Waals surface area contributed by atoms with Crippen molar-refractivity contribution in [3.8, 4) is 0 Å². The lowest BCUT2D eigenvalue weighted by atomic mass is 9.99. The van der Waals surface area contributed by atoms with E-state index in [1.807, 2.05) is 42.5 Å². The molecule has 8 nitrogen and oxygen atoms in total. The Hall–Kier alpha value is -4.01. The van der Waals surface area contributed by atoms with Crippen molar-refractivity contribution in [3.63, 3.8) is 0 Å². The fraction of sp³-hybridized carbons (Fsp3) is 0.222. The summed E-state index contributed by atoms with van der Waals surface area (Å²) in [7, 11) is 2.15. The van der Waals surface area contributed by atoms with Gasteiger partial charge in [0.1, 0.15) is 0 Å². The molecular formula is C27H27N5O3. The van der Waals surface area contributed by atoms with Crippen LogP contribution in [0.3, 0.4) is 0 Å². The predicted molar refractivity (Wildman–Crippen MR) is 138 cm³/mol. The first-order valence-corrected chi connectivity index (χ1v) is 11.6. The molecule has 0 bridgehead atoms. The first kappa shape index (κ1) is 22.8. The predicted octanol–water partition coefficient (Wildman–Crippen LogP) is 4.27. The molecule has 1 saturated heterocycles. The van der Waals surface area contributed by atoms with E-state index in [2.05, 4.69) is 39.6 Å². The average Bonchev–Trinajstić information content (AvgIpc) is 3.19. The van der Waals surface area contributed by atoms with Gasteiger partial charge >= 0.3 is 0 Å². The number of hydrogen-bond donors (Lipinski definition) is 2. The van der Waals surface area contributed by atoms with E-state index in [9.17, 15) is 14.9 Å². The summed E-state index contributed by atoms with van der Waals surface area (Å²) in [6.45, 7) is 5.04. The van der Waals surface area contributed by atoms with Gasteiger partial charge in [-0.25, -0.2) is 0 Å². The lowest BCUT2D eigenvalue weighted by Gasteiger charge is -2.32. The number of fused-ring (bicyclic) bond motifs is 1. The number of hydrogen-bond acceptors (Lipinski definition) is 6. The van der Waals surface area contributed by atoms with E-state index in [1.54, 1.807) is 6.07 Å². The van der Waals surface area contributed by atoms with Crippen LogP contribution in [0.15, 0.2) is 72.8 Å². The standard InChI is InChI=1S/C27H27N5O3/c1-30-12-14-31(15-13-30)18-19-6-5-9-21(16-19)28-26(20-7-3-2-4-8-20)25-23-17-22(32(34)35)10-11-24(23)29-27(25)33/h2-11,16-17,28H,12-15,18H2,1H3,(H,29,33)/b26-25-. The molecule has 2 N–H and O–H groups in total. The van der Waals surface area contributed by atoms with Crippen LogP contribution in [0.2, 0.25) is 0 Å². The molecule has 3 aromatic rings. The molecule has 3 aromatic carbocycles. The van der Waals surface area contributed by atoms with Crippen LogP contribution in [0.4, 0.5) is 17.1 Å². The number of benzene rings is 3. The molecule has 178 valence electrons. The van der Waals surface area contributed by atoms with E-state index in [0.717, 1.165) is 44.0 Å². The number of nitrogens with one attached hydrogen (secondary N) is 2. The van der Waals surface area contributed by atoms with E-state index in [-0.39, 0.29) is 11.6 Å². The summed E-state index contributed by atoms with van der Waals surface area (Å²) in [5.41, 5.74) is 4.89. The van der Waals surface area contributed by atoms with E-state index in [0.29, 0.717) is 22.5 Å². The zero-order valence-electron chi connectivity index (χ0n) is 19.5. The highest BCUT2D eigenvalue weighted by Gasteiger charge is 2.30. The van der Waals surface area contributed by atoms with Gasteiger partial charge in [-0.05, 0) is 36.4 Å². The zero-order valence-corrected chi connectivity index (χ0v) is 19.5. The fourth-order valence-corrected chi connectivity index (χ4v) is 4.56. The summed E-state index contributed by atoms with van der Waals surface area (Å²) in [6.07, 6.45) is 0. The van der Waals surface area contributed by atoms with Gasteiger partial charge in [0.2, 0.25) is 0 Å². The molecule has 0 atom stereocenters. The maximum atomic E-state index is 13.1. The second-order valence-corrected chi connectivity index (χ2v) is 8.96. The van der Waals surface area contributed by atoms with Crippen LogP contribution in [-0.4, -0.2) is 53.9 Å². The number of non-ortho nitro benzene ring substituents is 1. The highest BCUT2D eigenvalue weighted by molar-refractivity contribution is 6.37. The Labute approximate surface area is 204 Å². The van der Waals surface area contributed by atoms with Crippen molar-refractivity contribution in [2.75, 3.05) is 43.9 Å². The average molecular weight is 470 g/mol. The highest BCUT2D eigenvalue weighted by Crippen LogP contribution is 2.39. The number of anilines is 2. The van der Waals surface area contributed by atoms with Gasteiger partial charge in [0.05, 0.1) is 16.2 Å². The molecule has 1 fully saturated rings. The third-order valence-electron chi connectivity index (χ3n) is 6.47. The second kappa shape index (κ2) is 9.69. The van der Waals surface area contributed by atoms with E-state index >= 15 is 0 Å². The van der Waals surface area contributed by atoms with Crippen molar-refractivity contribution in [3.05, 3.63) is 99.6 Å². The topological polar surface area (TPSA) is 90.8 Å². The third-order valence-corrected chi connectivity index (χ3v) is 6.47. The van der Waals surface area contributed by atoms with Gasteiger partial charge in [-0.15, -0.1) is 0 Å². The van der Waals surface area contributed by atoms with Gasteiger partial charge < -0.3 is 15.5 Å². The molecule has 8 heteroatoms. The Balaban J connectivity index is 1.52. The lowest BCUT2D eigenvalue weighted by molar-refractivity contribution is -0.384. The molecule has 2 aliphatic heterocycles. The normalized spacial score (nSPS) is 17.6. The SMILES string of the molecule is CN1CCN(Cc2cccc(N/C(=C3\C(=O)Nc4ccc([N+](=O)[O-])cc43)c3ccccc3)c2)CC1. The molecular weight excluding hydrogens is 442 g/mol. The summed E-state index contributed by atoms with van der Waals surface area (Å²) in [5.74, 6) is -0.291. The van der Waals surface area contributed by atoms with E-state index in [1.165, 1.54) is 17.7 Å². The number of rotatable bonds is 6. The number of amides is 1. The monoisotopic (exact) mass is 469 g/mol. The number of nitro groups is 1. The lowest BCUT2D eigenvalue weighted by Crippen LogP contribution is -2.43. The van der Waals surface area contributed by atoms with Crippen LogP contribution >= 0.6 is 0 Å². The van der Waals surface area contributed by atoms with Gasteiger partial charge in [0.25, 0.3) is 11.6 Å². The summed E-state index contributed by atoms with van der Waals surface area (Å²) < 4.78 is 0. The van der Waals surface area contributed by atoms with Crippen LogP contribution in [0.1, 0.15) is 16.7 Å². The zero-order chi connectivity index (χ0) is 24.4. The maximum absolute atomic E-state index is 13.1. The maximum Gasteiger partial charge on any atom is 0.270 e. The molecule has 0 radical (unpaired) electrons. The molecule has 0 spiro atoms. The van der Waals surface area contributed by atoms with Crippen LogP contribution in [0.25, 0.3) is 11.3 Å². The third kappa shape index (κ3) is 4.94. The number of carbonyl (C=O) groups is 1. The minimum absolute atomic E-state index is 0.0562. The molecule has 0 unspecified atom stereocenters. The van der Waals surface area contributed by atoms with Gasteiger partial charge in [-0.3, -0.25) is 19.8 Å². The van der Waals surface area contributed by atoms with Crippen molar-refractivity contribution in [1.29, 1.82) is 0 Å². The fourth-order valence-electron chi connectivity index (χ4n) is 4.56. The molecule has 35 heavy (non-hydrogen) atoms. The number of likely N-dealkylation sites (N-methyl/N-ethyl adjacent to an activating group) is 1. The highest BCUT2D eigenvalue weighted by atomic mass is 16.6. The Morgan fingerprint density at radius 3 is 2.51 bits per heavy atom. The van der Waals surface area contributed by atoms with Crippen molar-refractivity contribution in [2.45, 2.75) is 6.54 Å². The smallest absolute Gasteiger partial charge is 0.270 e. The minimum atomic E-state index is -0.446. The van der Waals surface area contributed by atoms with Crippen LogP contribution < -0.4 is 10.6 Å². The molecule has 5 rings (SSSR count). The minimum Gasteiger partial charge on any atom is -0.354 e. The summed E-state index contributed by atoms with van der Waals surface area (Å²) in [4.78, 5) is 28.8. The Morgan fingerprint density at radius 2 is 1.77 bits per heavy atom. The number of carbonyl (C=O) groups excluding carboxylic acids is 1. The van der Waals surface area contributed by atoms with Crippen molar-refractivity contribution in [2.24, 2.45) is 0 Å². The molecule has 2 heterocycles. The molecule has 1 amide bonds. The van der Waals surface area contributed by atoms with Crippen LogP contribution in [-0.2, 0) is 11.3 Å². The molecule has 0 saturated carbocycles. The first-order valence-electron chi connectivity index (χ1n) is 11.6. The van der Waals surface area contributed by atoms with E-state index < -0.39 is 4.92 Å². The van der Waals surface area contributed by atoms with Crippen LogP contribution in [0.5, 0.6) is 0 Å². The number of piperazine rings is 1. The Morgan fingerprint density at radius 1 is 1.00 bits per heavy atom. The molecule has 0 aromatic heterocycles. The number of nitrogens with zero attached hydrogens (tertiary/aromatic N) is 3. The largest absolute Gasteiger partial charge is 0.354 e. The first-order chi connectivity index (χ1) is 17.0. The number of nitro benzene ring substituents is 1. The van der Waals surface area contributed by atoms with Crippen molar-refractivity contribution < 1.29 is 9.72 Å². The van der Waals surface area contributed by atoms with Gasteiger partial charge in [-0.2, -0.15) is 0 Å². The van der Waals surface area contributed by atoms with Gasteiger partial charge in [0.15, 0.2) is 0 Å². The molecule has 2 aliphatic rings. The second-order valence-electron chi connectivity index (χ2n) is 8.96. The summed E-state index contributed by atoms with van der Waals surface area (Å²) in [5, 5.41) is 17.7. The molecule has 0 aliphatic carbocycles. The van der Waals surface area contributed by atoms with Gasteiger partial charge in [-0.1, -0.05) is 42.5 Å². The van der Waals surface area contributed by atoms with Crippen molar-refractivity contribution in [1.82, 2.24) is 9.80 Å². The summed E-state index contributed by atoms with van der Waals surface area (Å²) in [6, 6.07) is 22.2. The quantitative estimate of drug-likeness (QED) is 0.318. The summed E-state index contributed by atoms with van der Waals surface area (Å²) >= 11 is 0. The Bertz CT molecular complexity index is 1300. The van der Waals surface area contributed by atoms with E-state index in [4.69, 9.17) is 0 Å². The van der Waals surface area contributed by atoms with Crippen LogP contribution in [0, 0.1) is 10.1 Å². The Kier molecular flexibility index (Phi) is 6.31. The van der Waals surface area contributed by atoms with Crippen molar-refractivity contribution >= 4 is 34.2 Å².